The summed E-state index contributed by atoms with van der Waals surface area (Å²) in [5.74, 6) is 0.621. The summed E-state index contributed by atoms with van der Waals surface area (Å²) in [6.45, 7) is 2.02. The molecule has 0 saturated heterocycles. The van der Waals surface area contributed by atoms with Crippen molar-refractivity contribution < 1.29 is 0 Å². The number of nitrogens with zero attached hydrogens (tertiary/aromatic N) is 2. The van der Waals surface area contributed by atoms with E-state index in [0.29, 0.717) is 11.5 Å². The summed E-state index contributed by atoms with van der Waals surface area (Å²) in [5, 5.41) is 3.18. The first-order valence-corrected chi connectivity index (χ1v) is 5.55. The van der Waals surface area contributed by atoms with E-state index in [1.54, 1.807) is 6.20 Å². The number of nitrogens with one attached hydrogen (secondary N) is 1. The molecule has 16 heavy (non-hydrogen) atoms. The normalized spacial score (nSPS) is 10.1. The summed E-state index contributed by atoms with van der Waals surface area (Å²) in [7, 11) is 0. The molecule has 0 bridgehead atoms. The minimum absolute atomic E-state index is 0.530. The third kappa shape index (κ3) is 2.30. The van der Waals surface area contributed by atoms with E-state index < -0.39 is 0 Å². The average Bonchev–Trinajstić information content (AvgIpc) is 2.27. The molecule has 82 valence electrons. The van der Waals surface area contributed by atoms with Gasteiger partial charge < -0.3 is 11.1 Å². The molecule has 0 saturated carbocycles. The Morgan fingerprint density at radius 1 is 1.38 bits per heavy atom. The quantitative estimate of drug-likeness (QED) is 0.887. The molecule has 0 amide bonds. The minimum atomic E-state index is 0.530. The van der Waals surface area contributed by atoms with Gasteiger partial charge in [0.05, 0.1) is 11.9 Å². The molecule has 5 heteroatoms. The van der Waals surface area contributed by atoms with Gasteiger partial charge in [0.2, 0.25) is 0 Å². The van der Waals surface area contributed by atoms with Gasteiger partial charge in [0.1, 0.15) is 6.33 Å². The largest absolute Gasteiger partial charge is 0.394 e. The van der Waals surface area contributed by atoms with Gasteiger partial charge in [-0.15, -0.1) is 0 Å². The molecule has 0 unspecified atom stereocenters. The summed E-state index contributed by atoms with van der Waals surface area (Å²) in [6.07, 6.45) is 3.04. The third-order valence-corrected chi connectivity index (χ3v) is 2.69. The zero-order valence-corrected chi connectivity index (χ0v) is 10.3. The van der Waals surface area contributed by atoms with Crippen molar-refractivity contribution in [3.8, 4) is 0 Å². The van der Waals surface area contributed by atoms with Gasteiger partial charge in [0, 0.05) is 10.2 Å². The number of aryl methyl sites for hydroxylation is 1. The van der Waals surface area contributed by atoms with Gasteiger partial charge in [0.25, 0.3) is 0 Å². The van der Waals surface area contributed by atoms with Gasteiger partial charge in [0.15, 0.2) is 5.82 Å². The van der Waals surface area contributed by atoms with Crippen molar-refractivity contribution in [2.45, 2.75) is 6.92 Å². The molecule has 0 aliphatic heterocycles. The number of nitrogens with two attached hydrogens (primary N) is 1. The van der Waals surface area contributed by atoms with Crippen LogP contribution in [0.5, 0.6) is 0 Å². The number of anilines is 3. The maximum atomic E-state index is 5.76. The van der Waals surface area contributed by atoms with E-state index in [2.05, 4.69) is 31.2 Å². The summed E-state index contributed by atoms with van der Waals surface area (Å²) in [5.41, 5.74) is 8.38. The van der Waals surface area contributed by atoms with Crippen molar-refractivity contribution in [3.05, 3.63) is 40.8 Å². The standard InChI is InChI=1S/C11H11BrN4/c1-7-2-3-8(12)4-10(7)16-11-9(13)5-14-6-15-11/h2-6H,13H2,1H3,(H,14,15,16). The lowest BCUT2D eigenvalue weighted by Gasteiger charge is -2.10. The number of rotatable bonds is 2. The first-order valence-electron chi connectivity index (χ1n) is 4.75. The van der Waals surface area contributed by atoms with Crippen LogP contribution in [0.4, 0.5) is 17.2 Å². The molecule has 1 aromatic carbocycles. The Bertz CT molecular complexity index is 513. The number of hydrogen-bond acceptors (Lipinski definition) is 4. The highest BCUT2D eigenvalue weighted by Crippen LogP contribution is 2.25. The van der Waals surface area contributed by atoms with E-state index >= 15 is 0 Å². The number of benzene rings is 1. The van der Waals surface area contributed by atoms with E-state index in [4.69, 9.17) is 5.73 Å². The van der Waals surface area contributed by atoms with Crippen LogP contribution in [0.2, 0.25) is 0 Å². The second-order valence-corrected chi connectivity index (χ2v) is 4.33. The van der Waals surface area contributed by atoms with Crippen LogP contribution in [0.1, 0.15) is 5.56 Å². The summed E-state index contributed by atoms with van der Waals surface area (Å²) >= 11 is 3.42. The minimum Gasteiger partial charge on any atom is -0.394 e. The highest BCUT2D eigenvalue weighted by Gasteiger charge is 2.03. The molecular formula is C11H11BrN4. The highest BCUT2D eigenvalue weighted by atomic mass is 79.9. The molecule has 4 nitrogen and oxygen atoms in total. The lowest BCUT2D eigenvalue weighted by atomic mass is 10.2. The van der Waals surface area contributed by atoms with Crippen LogP contribution in [0.15, 0.2) is 35.2 Å². The van der Waals surface area contributed by atoms with Crippen molar-refractivity contribution in [1.82, 2.24) is 9.97 Å². The van der Waals surface area contributed by atoms with Crippen LogP contribution in [0.3, 0.4) is 0 Å². The fourth-order valence-electron chi connectivity index (χ4n) is 1.30. The zero-order valence-electron chi connectivity index (χ0n) is 8.74. The van der Waals surface area contributed by atoms with Crippen LogP contribution in [0, 0.1) is 6.92 Å². The third-order valence-electron chi connectivity index (χ3n) is 2.19. The highest BCUT2D eigenvalue weighted by molar-refractivity contribution is 9.10. The van der Waals surface area contributed by atoms with Gasteiger partial charge >= 0.3 is 0 Å². The second kappa shape index (κ2) is 4.49. The first kappa shape index (κ1) is 10.9. The Kier molecular flexibility index (Phi) is 3.05. The molecule has 0 atom stereocenters. The maximum Gasteiger partial charge on any atom is 0.157 e. The molecule has 1 heterocycles. The summed E-state index contributed by atoms with van der Waals surface area (Å²) < 4.78 is 1.01. The number of aromatic nitrogens is 2. The van der Waals surface area contributed by atoms with Crippen molar-refractivity contribution in [1.29, 1.82) is 0 Å². The predicted octanol–water partition coefficient (Wildman–Crippen LogP) is 2.87. The van der Waals surface area contributed by atoms with Crippen molar-refractivity contribution in [2.24, 2.45) is 0 Å². The fourth-order valence-corrected chi connectivity index (χ4v) is 1.66. The smallest absolute Gasteiger partial charge is 0.157 e. The lowest BCUT2D eigenvalue weighted by molar-refractivity contribution is 1.17. The molecular weight excluding hydrogens is 268 g/mol. The molecule has 0 radical (unpaired) electrons. The van der Waals surface area contributed by atoms with Gasteiger partial charge in [-0.3, -0.25) is 0 Å². The average molecular weight is 279 g/mol. The Hall–Kier alpha value is -1.62. The van der Waals surface area contributed by atoms with Crippen LogP contribution >= 0.6 is 15.9 Å². The topological polar surface area (TPSA) is 63.8 Å². The van der Waals surface area contributed by atoms with Crippen LogP contribution in [0.25, 0.3) is 0 Å². The molecule has 2 aromatic rings. The summed E-state index contributed by atoms with van der Waals surface area (Å²) in [6, 6.07) is 5.99. The molecule has 2 rings (SSSR count). The Labute approximate surface area is 102 Å². The second-order valence-electron chi connectivity index (χ2n) is 3.41. The van der Waals surface area contributed by atoms with E-state index in [0.717, 1.165) is 15.7 Å². The molecule has 0 fully saturated rings. The Morgan fingerprint density at radius 2 is 2.19 bits per heavy atom. The molecule has 0 spiro atoms. The van der Waals surface area contributed by atoms with Gasteiger partial charge in [-0.25, -0.2) is 9.97 Å². The predicted molar refractivity (Wildman–Crippen MR) is 68.6 cm³/mol. The fraction of sp³-hybridized carbons (Fsp3) is 0.0909. The van der Waals surface area contributed by atoms with E-state index in [1.165, 1.54) is 6.33 Å². The zero-order chi connectivity index (χ0) is 11.5. The van der Waals surface area contributed by atoms with Gasteiger partial charge in [-0.05, 0) is 24.6 Å². The van der Waals surface area contributed by atoms with E-state index in [-0.39, 0.29) is 0 Å². The molecule has 3 N–H and O–H groups in total. The first-order chi connectivity index (χ1) is 7.66. The van der Waals surface area contributed by atoms with Crippen LogP contribution in [-0.2, 0) is 0 Å². The Morgan fingerprint density at radius 3 is 2.94 bits per heavy atom. The molecule has 0 aliphatic rings. The van der Waals surface area contributed by atoms with Crippen molar-refractivity contribution in [3.63, 3.8) is 0 Å². The SMILES string of the molecule is Cc1ccc(Br)cc1Nc1ncncc1N. The molecule has 1 aromatic heterocycles. The van der Waals surface area contributed by atoms with E-state index in [9.17, 15) is 0 Å². The number of halogens is 1. The van der Waals surface area contributed by atoms with Crippen LogP contribution in [-0.4, -0.2) is 9.97 Å². The van der Waals surface area contributed by atoms with Crippen molar-refractivity contribution >= 4 is 33.1 Å². The maximum absolute atomic E-state index is 5.76. The van der Waals surface area contributed by atoms with E-state index in [1.807, 2.05) is 25.1 Å². The number of hydrogen-bond donors (Lipinski definition) is 2. The van der Waals surface area contributed by atoms with Crippen LogP contribution < -0.4 is 11.1 Å². The number of nitrogen functional groups attached to an aromatic ring is 1. The lowest BCUT2D eigenvalue weighted by Crippen LogP contribution is -2.00. The van der Waals surface area contributed by atoms with Gasteiger partial charge in [-0.2, -0.15) is 0 Å². The Balaban J connectivity index is 2.34. The van der Waals surface area contributed by atoms with Crippen molar-refractivity contribution in [2.75, 3.05) is 11.1 Å². The molecule has 0 aliphatic carbocycles. The van der Waals surface area contributed by atoms with Gasteiger partial charge in [-0.1, -0.05) is 22.0 Å². The summed E-state index contributed by atoms with van der Waals surface area (Å²) in [4.78, 5) is 7.92. The monoisotopic (exact) mass is 278 g/mol.